The number of carbonyl (C=O) groups is 1. The lowest BCUT2D eigenvalue weighted by molar-refractivity contribution is 0.219. The van der Waals surface area contributed by atoms with Crippen LogP contribution in [0, 0.1) is 0 Å². The predicted molar refractivity (Wildman–Crippen MR) is 83.3 cm³/mol. The summed E-state index contributed by atoms with van der Waals surface area (Å²) in [6.07, 6.45) is 7.46. The summed E-state index contributed by atoms with van der Waals surface area (Å²) in [5.41, 5.74) is 5.15. The number of carbonyl (C=O) groups excluding carboxylic acids is 1. The summed E-state index contributed by atoms with van der Waals surface area (Å²) >= 11 is 5.23. The Hall–Kier alpha value is -0.840. The molecule has 0 aliphatic heterocycles. The van der Waals surface area contributed by atoms with Crippen LogP contribution in [-0.4, -0.2) is 22.1 Å². The van der Waals surface area contributed by atoms with Crippen LogP contribution in [0.15, 0.2) is 0 Å². The summed E-state index contributed by atoms with van der Waals surface area (Å²) in [4.78, 5) is 12.5. The van der Waals surface area contributed by atoms with Crippen LogP contribution in [0.25, 0.3) is 0 Å². The SMILES string of the molecule is CC(C)(C)NC(=O)NC1(C(N)=S)CCCCCCC1. The molecule has 0 heterocycles. The summed E-state index contributed by atoms with van der Waals surface area (Å²) in [5.74, 6) is 0. The van der Waals surface area contributed by atoms with Crippen LogP contribution in [0.3, 0.4) is 0 Å². The Bertz CT molecular complexity index is 328. The minimum absolute atomic E-state index is 0.180. The van der Waals surface area contributed by atoms with Crippen molar-refractivity contribution in [2.45, 2.75) is 76.8 Å². The normalized spacial score (nSPS) is 19.9. The standard InChI is InChI=1S/C14H27N3OS/c1-13(2,3)16-12(18)17-14(11(15)19)9-7-5-4-6-8-10-14/h4-10H2,1-3H3,(H2,15,19)(H2,16,17,18). The molecular weight excluding hydrogens is 258 g/mol. The first-order valence-electron chi connectivity index (χ1n) is 7.15. The van der Waals surface area contributed by atoms with Gasteiger partial charge >= 0.3 is 6.03 Å². The zero-order chi connectivity index (χ0) is 14.5. The highest BCUT2D eigenvalue weighted by Crippen LogP contribution is 2.27. The van der Waals surface area contributed by atoms with Crippen molar-refractivity contribution in [1.82, 2.24) is 10.6 Å². The average Bonchev–Trinajstić information content (AvgIpc) is 2.18. The number of hydrogen-bond acceptors (Lipinski definition) is 2. The Labute approximate surface area is 121 Å². The second-order valence-electron chi connectivity index (χ2n) is 6.54. The lowest BCUT2D eigenvalue weighted by Gasteiger charge is -2.36. The number of thiocarbonyl (C=S) groups is 1. The van der Waals surface area contributed by atoms with E-state index in [2.05, 4.69) is 10.6 Å². The molecule has 1 saturated carbocycles. The predicted octanol–water partition coefficient (Wildman–Crippen LogP) is 2.85. The van der Waals surface area contributed by atoms with Gasteiger partial charge in [-0.25, -0.2) is 4.79 Å². The third kappa shape index (κ3) is 5.35. The topological polar surface area (TPSA) is 67.2 Å². The maximum absolute atomic E-state index is 12.1. The molecule has 0 aromatic carbocycles. The van der Waals surface area contributed by atoms with Gasteiger partial charge in [0.1, 0.15) is 0 Å². The fraction of sp³-hybridized carbons (Fsp3) is 0.857. The molecule has 0 unspecified atom stereocenters. The van der Waals surface area contributed by atoms with E-state index in [1.165, 1.54) is 19.3 Å². The van der Waals surface area contributed by atoms with Gasteiger partial charge in [-0.05, 0) is 33.6 Å². The highest BCUT2D eigenvalue weighted by atomic mass is 32.1. The van der Waals surface area contributed by atoms with Crippen LogP contribution >= 0.6 is 12.2 Å². The van der Waals surface area contributed by atoms with Crippen molar-refractivity contribution in [2.24, 2.45) is 5.73 Å². The van der Waals surface area contributed by atoms with Gasteiger partial charge < -0.3 is 16.4 Å². The number of rotatable bonds is 2. The van der Waals surface area contributed by atoms with Gasteiger partial charge in [-0.15, -0.1) is 0 Å². The number of amides is 2. The molecule has 0 spiro atoms. The molecule has 0 radical (unpaired) electrons. The summed E-state index contributed by atoms with van der Waals surface area (Å²) in [5, 5.41) is 5.96. The quantitative estimate of drug-likeness (QED) is 0.683. The van der Waals surface area contributed by atoms with E-state index >= 15 is 0 Å². The Balaban J connectivity index is 2.74. The molecule has 1 rings (SSSR count). The van der Waals surface area contributed by atoms with Crippen molar-refractivity contribution in [2.75, 3.05) is 0 Å². The second kappa shape index (κ2) is 6.55. The van der Waals surface area contributed by atoms with E-state index in [9.17, 15) is 4.79 Å². The average molecular weight is 285 g/mol. The molecule has 1 aliphatic rings. The number of nitrogens with two attached hydrogens (primary N) is 1. The second-order valence-corrected chi connectivity index (χ2v) is 6.98. The van der Waals surface area contributed by atoms with Crippen molar-refractivity contribution in [3.05, 3.63) is 0 Å². The van der Waals surface area contributed by atoms with Crippen molar-refractivity contribution >= 4 is 23.2 Å². The first kappa shape index (κ1) is 16.2. The largest absolute Gasteiger partial charge is 0.391 e. The van der Waals surface area contributed by atoms with E-state index < -0.39 is 5.54 Å². The molecule has 1 fully saturated rings. The van der Waals surface area contributed by atoms with Crippen molar-refractivity contribution in [1.29, 1.82) is 0 Å². The molecule has 4 N–H and O–H groups in total. The van der Waals surface area contributed by atoms with Crippen LogP contribution < -0.4 is 16.4 Å². The molecule has 0 saturated heterocycles. The molecule has 0 aromatic rings. The Morgan fingerprint density at radius 3 is 2.00 bits per heavy atom. The minimum atomic E-state index is -0.509. The highest BCUT2D eigenvalue weighted by molar-refractivity contribution is 7.80. The van der Waals surface area contributed by atoms with Crippen molar-refractivity contribution < 1.29 is 4.79 Å². The Morgan fingerprint density at radius 2 is 1.58 bits per heavy atom. The van der Waals surface area contributed by atoms with Gasteiger partial charge in [-0.2, -0.15) is 0 Å². The monoisotopic (exact) mass is 285 g/mol. The van der Waals surface area contributed by atoms with Crippen LogP contribution in [-0.2, 0) is 0 Å². The van der Waals surface area contributed by atoms with E-state index in [-0.39, 0.29) is 11.6 Å². The fourth-order valence-corrected chi connectivity index (χ4v) is 2.79. The van der Waals surface area contributed by atoms with E-state index in [0.29, 0.717) is 4.99 Å². The summed E-state index contributed by atoms with van der Waals surface area (Å²) < 4.78 is 0. The zero-order valence-corrected chi connectivity index (χ0v) is 13.2. The fourth-order valence-electron chi connectivity index (χ4n) is 2.53. The van der Waals surface area contributed by atoms with Crippen LogP contribution in [0.2, 0.25) is 0 Å². The molecule has 5 heteroatoms. The molecule has 0 aromatic heterocycles. The van der Waals surface area contributed by atoms with E-state index in [1.54, 1.807) is 0 Å². The van der Waals surface area contributed by atoms with Gasteiger partial charge in [0.15, 0.2) is 0 Å². The van der Waals surface area contributed by atoms with E-state index in [0.717, 1.165) is 25.7 Å². The van der Waals surface area contributed by atoms with Crippen molar-refractivity contribution in [3.8, 4) is 0 Å². The molecule has 1 aliphatic carbocycles. The van der Waals surface area contributed by atoms with Gasteiger partial charge in [-0.1, -0.05) is 44.3 Å². The van der Waals surface area contributed by atoms with Gasteiger partial charge in [-0.3, -0.25) is 0 Å². The first-order valence-corrected chi connectivity index (χ1v) is 7.56. The number of urea groups is 1. The molecular formula is C14H27N3OS. The third-order valence-corrected chi connectivity index (χ3v) is 3.91. The highest BCUT2D eigenvalue weighted by Gasteiger charge is 2.35. The first-order chi connectivity index (χ1) is 8.75. The summed E-state index contributed by atoms with van der Waals surface area (Å²) in [6, 6.07) is -0.180. The molecule has 4 nitrogen and oxygen atoms in total. The zero-order valence-electron chi connectivity index (χ0n) is 12.3. The van der Waals surface area contributed by atoms with Crippen LogP contribution in [0.1, 0.15) is 65.7 Å². The molecule has 19 heavy (non-hydrogen) atoms. The number of nitrogens with one attached hydrogen (secondary N) is 2. The van der Waals surface area contributed by atoms with Gasteiger partial charge in [0.25, 0.3) is 0 Å². The maximum Gasteiger partial charge on any atom is 0.315 e. The van der Waals surface area contributed by atoms with Crippen LogP contribution in [0.4, 0.5) is 4.79 Å². The Kier molecular flexibility index (Phi) is 5.59. The lowest BCUT2D eigenvalue weighted by atomic mass is 9.84. The third-order valence-electron chi connectivity index (χ3n) is 3.52. The van der Waals surface area contributed by atoms with E-state index in [1.807, 2.05) is 20.8 Å². The van der Waals surface area contributed by atoms with Crippen molar-refractivity contribution in [3.63, 3.8) is 0 Å². The smallest absolute Gasteiger partial charge is 0.315 e. The van der Waals surface area contributed by atoms with Gasteiger partial charge in [0.2, 0.25) is 0 Å². The van der Waals surface area contributed by atoms with Gasteiger partial charge in [0.05, 0.1) is 10.5 Å². The summed E-state index contributed by atoms with van der Waals surface area (Å²) in [6.45, 7) is 5.87. The van der Waals surface area contributed by atoms with Gasteiger partial charge in [0, 0.05) is 5.54 Å². The van der Waals surface area contributed by atoms with E-state index in [4.69, 9.17) is 18.0 Å². The van der Waals surface area contributed by atoms with Crippen LogP contribution in [0.5, 0.6) is 0 Å². The molecule has 0 bridgehead atoms. The minimum Gasteiger partial charge on any atom is -0.391 e. The maximum atomic E-state index is 12.1. The number of hydrogen-bond donors (Lipinski definition) is 3. The lowest BCUT2D eigenvalue weighted by Crippen LogP contribution is -2.61. The summed E-state index contributed by atoms with van der Waals surface area (Å²) in [7, 11) is 0. The Morgan fingerprint density at radius 1 is 1.11 bits per heavy atom. The molecule has 2 amide bonds. The molecule has 110 valence electrons. The molecule has 0 atom stereocenters.